The van der Waals surface area contributed by atoms with Crippen LogP contribution in [0.1, 0.15) is 32.3 Å². The van der Waals surface area contributed by atoms with Crippen molar-refractivity contribution in [1.82, 2.24) is 15.3 Å². The summed E-state index contributed by atoms with van der Waals surface area (Å²) in [5.41, 5.74) is 1.05. The number of nitrogens with zero attached hydrogens (tertiary/aromatic N) is 2. The summed E-state index contributed by atoms with van der Waals surface area (Å²) in [6.45, 7) is 9.64. The van der Waals surface area contributed by atoms with E-state index in [4.69, 9.17) is 4.74 Å². The zero-order valence-electron chi connectivity index (χ0n) is 11.1. The van der Waals surface area contributed by atoms with Gasteiger partial charge in [0.25, 0.3) is 0 Å². The summed E-state index contributed by atoms with van der Waals surface area (Å²) in [4.78, 5) is 8.72. The summed E-state index contributed by atoms with van der Waals surface area (Å²) in [7, 11) is 0. The normalized spacial score (nSPS) is 11.1. The summed E-state index contributed by atoms with van der Waals surface area (Å²) in [5.74, 6) is 1.52. The highest BCUT2D eigenvalue weighted by Crippen LogP contribution is 1.98. The van der Waals surface area contributed by atoms with Crippen molar-refractivity contribution in [3.63, 3.8) is 0 Å². The van der Waals surface area contributed by atoms with Gasteiger partial charge in [0.1, 0.15) is 5.82 Å². The first-order valence-corrected chi connectivity index (χ1v) is 6.31. The predicted octanol–water partition coefficient (Wildman–Crippen LogP) is 1.80. The fourth-order valence-electron chi connectivity index (χ4n) is 1.46. The molecule has 0 atom stereocenters. The summed E-state index contributed by atoms with van der Waals surface area (Å²) < 4.78 is 5.29. The van der Waals surface area contributed by atoms with Crippen LogP contribution in [0.3, 0.4) is 0 Å². The second kappa shape index (κ2) is 8.14. The van der Waals surface area contributed by atoms with Crippen LogP contribution in [0.15, 0.2) is 12.3 Å². The van der Waals surface area contributed by atoms with Crippen LogP contribution in [0.5, 0.6) is 0 Å². The number of aromatic nitrogens is 2. The Morgan fingerprint density at radius 1 is 1.41 bits per heavy atom. The van der Waals surface area contributed by atoms with Crippen molar-refractivity contribution in [2.24, 2.45) is 5.92 Å². The van der Waals surface area contributed by atoms with Gasteiger partial charge in [0.2, 0.25) is 0 Å². The van der Waals surface area contributed by atoms with Crippen LogP contribution in [0.25, 0.3) is 0 Å². The summed E-state index contributed by atoms with van der Waals surface area (Å²) in [6, 6.07) is 1.96. The van der Waals surface area contributed by atoms with Gasteiger partial charge >= 0.3 is 0 Å². The third-order valence-corrected chi connectivity index (χ3v) is 2.30. The molecule has 17 heavy (non-hydrogen) atoms. The number of rotatable bonds is 8. The van der Waals surface area contributed by atoms with E-state index in [0.717, 1.165) is 37.6 Å². The van der Waals surface area contributed by atoms with Gasteiger partial charge in [-0.05, 0) is 25.5 Å². The van der Waals surface area contributed by atoms with E-state index < -0.39 is 0 Å². The first-order chi connectivity index (χ1) is 8.22. The van der Waals surface area contributed by atoms with Gasteiger partial charge in [0.15, 0.2) is 0 Å². The first kappa shape index (κ1) is 14.1. The lowest BCUT2D eigenvalue weighted by atomic mass is 10.2. The third kappa shape index (κ3) is 6.34. The van der Waals surface area contributed by atoms with Crippen LogP contribution in [0.2, 0.25) is 0 Å². The lowest BCUT2D eigenvalue weighted by Crippen LogP contribution is -2.20. The molecule has 0 aliphatic carbocycles. The molecule has 0 aromatic carbocycles. The summed E-state index contributed by atoms with van der Waals surface area (Å²) in [5, 5.41) is 3.37. The Balaban J connectivity index is 2.37. The fourth-order valence-corrected chi connectivity index (χ4v) is 1.46. The van der Waals surface area contributed by atoms with Gasteiger partial charge in [0.05, 0.1) is 12.3 Å². The van der Waals surface area contributed by atoms with Gasteiger partial charge in [-0.15, -0.1) is 0 Å². The second-order valence-corrected chi connectivity index (χ2v) is 4.44. The molecule has 0 saturated carbocycles. The van der Waals surface area contributed by atoms with Crippen LogP contribution in [-0.4, -0.2) is 29.7 Å². The molecule has 1 aromatic heterocycles. The Bertz CT molecular complexity index is 315. The average Bonchev–Trinajstić information content (AvgIpc) is 2.29. The first-order valence-electron chi connectivity index (χ1n) is 6.31. The lowest BCUT2D eigenvalue weighted by molar-refractivity contribution is 0.149. The molecule has 0 amide bonds. The smallest absolute Gasteiger partial charge is 0.130 e. The van der Waals surface area contributed by atoms with Gasteiger partial charge in [-0.2, -0.15) is 0 Å². The molecule has 4 heteroatoms. The quantitative estimate of drug-likeness (QED) is 0.700. The van der Waals surface area contributed by atoms with Crippen molar-refractivity contribution in [2.45, 2.75) is 33.7 Å². The molecule has 0 saturated heterocycles. The van der Waals surface area contributed by atoms with E-state index in [9.17, 15) is 0 Å². The molecule has 0 unspecified atom stereocenters. The van der Waals surface area contributed by atoms with E-state index in [-0.39, 0.29) is 0 Å². The second-order valence-electron chi connectivity index (χ2n) is 4.44. The number of hydrogen-bond donors (Lipinski definition) is 1. The highest BCUT2D eigenvalue weighted by atomic mass is 16.5. The Labute approximate surface area is 104 Å². The van der Waals surface area contributed by atoms with E-state index in [0.29, 0.717) is 12.5 Å². The zero-order valence-corrected chi connectivity index (χ0v) is 11.1. The van der Waals surface area contributed by atoms with Gasteiger partial charge in [-0.25, -0.2) is 9.97 Å². The maximum absolute atomic E-state index is 5.29. The van der Waals surface area contributed by atoms with Gasteiger partial charge < -0.3 is 10.1 Å². The minimum Gasteiger partial charge on any atom is -0.381 e. The molecule has 1 rings (SSSR count). The summed E-state index contributed by atoms with van der Waals surface area (Å²) in [6.07, 6.45) is 2.60. The molecular formula is C13H23N3O. The van der Waals surface area contributed by atoms with Crippen molar-refractivity contribution in [3.8, 4) is 0 Å². The lowest BCUT2D eigenvalue weighted by Gasteiger charge is -2.07. The maximum atomic E-state index is 5.29. The number of nitrogens with one attached hydrogen (secondary N) is 1. The van der Waals surface area contributed by atoms with Crippen LogP contribution in [-0.2, 0) is 17.7 Å². The minimum absolute atomic E-state index is 0.661. The topological polar surface area (TPSA) is 47.0 Å². The van der Waals surface area contributed by atoms with Crippen molar-refractivity contribution in [1.29, 1.82) is 0 Å². The molecule has 0 aliphatic rings. The molecular weight excluding hydrogens is 214 g/mol. The van der Waals surface area contributed by atoms with E-state index in [2.05, 4.69) is 29.1 Å². The average molecular weight is 237 g/mol. The molecule has 1 N–H and O–H groups in total. The molecule has 0 fully saturated rings. The minimum atomic E-state index is 0.661. The van der Waals surface area contributed by atoms with E-state index >= 15 is 0 Å². The molecule has 0 spiro atoms. The van der Waals surface area contributed by atoms with Crippen molar-refractivity contribution in [3.05, 3.63) is 23.8 Å². The standard InChI is InChI=1S/C13H23N3O/c1-4-17-8-6-13-15-7-5-12(16-13)10-14-9-11(2)3/h5,7,11,14H,4,6,8-10H2,1-3H3. The molecule has 0 bridgehead atoms. The van der Waals surface area contributed by atoms with Crippen molar-refractivity contribution < 1.29 is 4.74 Å². The molecule has 96 valence electrons. The maximum Gasteiger partial charge on any atom is 0.130 e. The van der Waals surface area contributed by atoms with Crippen LogP contribution < -0.4 is 5.32 Å². The monoisotopic (exact) mass is 237 g/mol. The molecule has 4 nitrogen and oxygen atoms in total. The molecule has 1 aromatic rings. The number of ether oxygens (including phenoxy) is 1. The molecule has 0 radical (unpaired) electrons. The Kier molecular flexibility index (Phi) is 6.74. The van der Waals surface area contributed by atoms with Crippen LogP contribution >= 0.6 is 0 Å². The van der Waals surface area contributed by atoms with Gasteiger partial charge in [-0.3, -0.25) is 0 Å². The third-order valence-electron chi connectivity index (χ3n) is 2.30. The molecule has 1 heterocycles. The van der Waals surface area contributed by atoms with Gasteiger partial charge in [0, 0.05) is 25.8 Å². The highest BCUT2D eigenvalue weighted by Gasteiger charge is 2.00. The predicted molar refractivity (Wildman–Crippen MR) is 68.8 cm³/mol. The number of hydrogen-bond acceptors (Lipinski definition) is 4. The Morgan fingerprint density at radius 3 is 2.94 bits per heavy atom. The van der Waals surface area contributed by atoms with E-state index in [1.165, 1.54) is 0 Å². The summed E-state index contributed by atoms with van der Waals surface area (Å²) >= 11 is 0. The van der Waals surface area contributed by atoms with Crippen molar-refractivity contribution >= 4 is 0 Å². The van der Waals surface area contributed by atoms with Gasteiger partial charge in [-0.1, -0.05) is 13.8 Å². The Morgan fingerprint density at radius 2 is 2.24 bits per heavy atom. The largest absolute Gasteiger partial charge is 0.381 e. The highest BCUT2D eigenvalue weighted by molar-refractivity contribution is 5.02. The van der Waals surface area contributed by atoms with Crippen LogP contribution in [0, 0.1) is 5.92 Å². The van der Waals surface area contributed by atoms with E-state index in [1.807, 2.05) is 19.2 Å². The SMILES string of the molecule is CCOCCc1nccc(CNCC(C)C)n1. The Hall–Kier alpha value is -1.00. The van der Waals surface area contributed by atoms with E-state index in [1.54, 1.807) is 0 Å². The van der Waals surface area contributed by atoms with Crippen molar-refractivity contribution in [2.75, 3.05) is 19.8 Å². The molecule has 0 aliphatic heterocycles. The van der Waals surface area contributed by atoms with Crippen LogP contribution in [0.4, 0.5) is 0 Å². The fraction of sp³-hybridized carbons (Fsp3) is 0.692. The zero-order chi connectivity index (χ0) is 12.5.